The molecule has 25 heavy (non-hydrogen) atoms. The van der Waals surface area contributed by atoms with Gasteiger partial charge in [-0.3, -0.25) is 4.79 Å². The van der Waals surface area contributed by atoms with E-state index in [9.17, 15) is 22.8 Å². The summed E-state index contributed by atoms with van der Waals surface area (Å²) in [5, 5.41) is 0. The first-order valence-electron chi connectivity index (χ1n) is 7.49. The van der Waals surface area contributed by atoms with Gasteiger partial charge in [-0.25, -0.2) is 4.79 Å². The number of hydrogen-bond donors (Lipinski definition) is 0. The van der Waals surface area contributed by atoms with Gasteiger partial charge in [0.15, 0.2) is 6.29 Å². The SMILES string of the molecule is CCc1cc(-c2ccc(OC(F)(F)F)cc2)cc(C)c1C(=C=O)C=O. The minimum absolute atomic E-state index is 0.0465. The first-order valence-corrected chi connectivity index (χ1v) is 7.49. The summed E-state index contributed by atoms with van der Waals surface area (Å²) < 4.78 is 40.5. The number of allylic oxidation sites excluding steroid dienone is 1. The molecular weight excluding hydrogens is 333 g/mol. The van der Waals surface area contributed by atoms with Crippen molar-refractivity contribution in [1.29, 1.82) is 0 Å². The molecular formula is C19H15F3O3. The molecule has 2 aromatic rings. The lowest BCUT2D eigenvalue weighted by Gasteiger charge is -2.14. The Labute approximate surface area is 142 Å². The number of hydrogen-bond acceptors (Lipinski definition) is 3. The number of aldehydes is 1. The highest BCUT2D eigenvalue weighted by atomic mass is 19.4. The summed E-state index contributed by atoms with van der Waals surface area (Å²) in [4.78, 5) is 22.0. The van der Waals surface area contributed by atoms with Crippen LogP contribution in [0.25, 0.3) is 16.7 Å². The predicted octanol–water partition coefficient (Wildman–Crippen LogP) is 4.54. The molecule has 0 atom stereocenters. The van der Waals surface area contributed by atoms with Gasteiger partial charge in [-0.2, -0.15) is 0 Å². The Morgan fingerprint density at radius 1 is 1.16 bits per heavy atom. The average Bonchev–Trinajstić information content (AvgIpc) is 2.56. The van der Waals surface area contributed by atoms with Crippen molar-refractivity contribution in [2.45, 2.75) is 26.6 Å². The van der Waals surface area contributed by atoms with Gasteiger partial charge in [0.1, 0.15) is 17.3 Å². The quantitative estimate of drug-likeness (QED) is 0.453. The van der Waals surface area contributed by atoms with Gasteiger partial charge in [0.05, 0.1) is 0 Å². The molecule has 0 unspecified atom stereocenters. The number of ether oxygens (including phenoxy) is 1. The normalized spacial score (nSPS) is 10.9. The molecule has 0 radical (unpaired) electrons. The molecule has 0 saturated heterocycles. The summed E-state index contributed by atoms with van der Waals surface area (Å²) in [6, 6.07) is 9.09. The van der Waals surface area contributed by atoms with Gasteiger partial charge in [-0.1, -0.05) is 31.2 Å². The van der Waals surface area contributed by atoms with Gasteiger partial charge in [-0.05, 0) is 47.7 Å². The van der Waals surface area contributed by atoms with E-state index in [4.69, 9.17) is 0 Å². The van der Waals surface area contributed by atoms with Crippen LogP contribution in [0.2, 0.25) is 0 Å². The fourth-order valence-corrected chi connectivity index (χ4v) is 2.67. The monoisotopic (exact) mass is 348 g/mol. The van der Waals surface area contributed by atoms with Crippen molar-refractivity contribution in [2.24, 2.45) is 0 Å². The topological polar surface area (TPSA) is 43.4 Å². The van der Waals surface area contributed by atoms with Crippen LogP contribution in [0.1, 0.15) is 23.6 Å². The molecule has 0 bridgehead atoms. The first-order chi connectivity index (χ1) is 11.8. The van der Waals surface area contributed by atoms with Gasteiger partial charge >= 0.3 is 6.36 Å². The van der Waals surface area contributed by atoms with Crippen molar-refractivity contribution >= 4 is 17.8 Å². The number of benzene rings is 2. The zero-order chi connectivity index (χ0) is 18.6. The highest BCUT2D eigenvalue weighted by Gasteiger charge is 2.30. The smallest absolute Gasteiger partial charge is 0.406 e. The molecule has 0 aromatic heterocycles. The second-order valence-corrected chi connectivity index (χ2v) is 5.39. The van der Waals surface area contributed by atoms with Crippen LogP contribution in [0.3, 0.4) is 0 Å². The van der Waals surface area contributed by atoms with Crippen molar-refractivity contribution in [2.75, 3.05) is 0 Å². The standard InChI is InChI=1S/C19H15F3O3/c1-3-13-9-15(8-12(2)18(13)16(10-23)11-24)14-4-6-17(7-5-14)25-19(20,21)22/h4-10H,3H2,1-2H3. The number of halogens is 3. The molecule has 0 aliphatic rings. The highest BCUT2D eigenvalue weighted by Crippen LogP contribution is 2.31. The maximum absolute atomic E-state index is 12.2. The number of carbonyl (C=O) groups is 1. The summed E-state index contributed by atoms with van der Waals surface area (Å²) in [5.41, 5.74) is 3.48. The van der Waals surface area contributed by atoms with E-state index in [1.165, 1.54) is 24.3 Å². The molecule has 0 saturated carbocycles. The van der Waals surface area contributed by atoms with Crippen LogP contribution < -0.4 is 4.74 Å². The molecule has 0 aliphatic heterocycles. The van der Waals surface area contributed by atoms with Crippen LogP contribution in [0.15, 0.2) is 36.4 Å². The van der Waals surface area contributed by atoms with E-state index in [2.05, 4.69) is 4.74 Å². The summed E-state index contributed by atoms with van der Waals surface area (Å²) in [6.45, 7) is 3.65. The molecule has 0 aliphatic carbocycles. The number of alkyl halides is 3. The van der Waals surface area contributed by atoms with Crippen molar-refractivity contribution in [3.8, 4) is 16.9 Å². The van der Waals surface area contributed by atoms with E-state index in [0.717, 1.165) is 16.7 Å². The molecule has 2 aromatic carbocycles. The summed E-state index contributed by atoms with van der Waals surface area (Å²) in [5.74, 6) is 1.35. The minimum atomic E-state index is -4.73. The highest BCUT2D eigenvalue weighted by molar-refractivity contribution is 6.18. The van der Waals surface area contributed by atoms with E-state index in [-0.39, 0.29) is 11.3 Å². The second kappa shape index (κ2) is 7.36. The maximum Gasteiger partial charge on any atom is 0.573 e. The first kappa shape index (κ1) is 18.5. The maximum atomic E-state index is 12.2. The van der Waals surface area contributed by atoms with Crippen molar-refractivity contribution < 1.29 is 27.5 Å². The van der Waals surface area contributed by atoms with E-state index in [1.807, 2.05) is 13.0 Å². The van der Waals surface area contributed by atoms with E-state index in [0.29, 0.717) is 23.8 Å². The third-order valence-electron chi connectivity index (χ3n) is 3.72. The summed E-state index contributed by atoms with van der Waals surface area (Å²) in [6.07, 6.45) is -3.68. The number of aryl methyl sites for hydroxylation is 2. The lowest BCUT2D eigenvalue weighted by molar-refractivity contribution is -0.274. The fourth-order valence-electron chi connectivity index (χ4n) is 2.67. The predicted molar refractivity (Wildman–Crippen MR) is 87.8 cm³/mol. The van der Waals surface area contributed by atoms with Crippen molar-refractivity contribution in [3.05, 3.63) is 53.1 Å². The van der Waals surface area contributed by atoms with Crippen LogP contribution in [0.5, 0.6) is 5.75 Å². The minimum Gasteiger partial charge on any atom is -0.406 e. The van der Waals surface area contributed by atoms with Gasteiger partial charge in [0.25, 0.3) is 0 Å². The van der Waals surface area contributed by atoms with E-state index >= 15 is 0 Å². The second-order valence-electron chi connectivity index (χ2n) is 5.39. The molecule has 6 heteroatoms. The van der Waals surface area contributed by atoms with Crippen molar-refractivity contribution in [3.63, 3.8) is 0 Å². The van der Waals surface area contributed by atoms with E-state index in [1.54, 1.807) is 18.9 Å². The number of carbonyl (C=O) groups excluding carboxylic acids is 2. The Hall–Kier alpha value is -2.85. The molecule has 0 heterocycles. The van der Waals surface area contributed by atoms with Gasteiger partial charge in [0.2, 0.25) is 0 Å². The molecule has 0 N–H and O–H groups in total. The van der Waals surface area contributed by atoms with Crippen molar-refractivity contribution in [1.82, 2.24) is 0 Å². The zero-order valence-corrected chi connectivity index (χ0v) is 13.6. The molecule has 0 spiro atoms. The fraction of sp³-hybridized carbons (Fsp3) is 0.211. The number of rotatable bonds is 5. The van der Waals surface area contributed by atoms with Crippen LogP contribution in [0.4, 0.5) is 13.2 Å². The lowest BCUT2D eigenvalue weighted by atomic mass is 9.90. The zero-order valence-electron chi connectivity index (χ0n) is 13.6. The Kier molecular flexibility index (Phi) is 5.45. The Balaban J connectivity index is 2.45. The van der Waals surface area contributed by atoms with Gasteiger partial charge < -0.3 is 4.74 Å². The third-order valence-corrected chi connectivity index (χ3v) is 3.72. The average molecular weight is 348 g/mol. The molecule has 130 valence electrons. The molecule has 3 nitrogen and oxygen atoms in total. The Bertz CT molecular complexity index is 830. The Morgan fingerprint density at radius 3 is 2.28 bits per heavy atom. The third kappa shape index (κ3) is 4.37. The van der Waals surface area contributed by atoms with E-state index < -0.39 is 6.36 Å². The van der Waals surface area contributed by atoms with Crippen LogP contribution in [-0.2, 0) is 16.0 Å². The molecule has 0 amide bonds. The van der Waals surface area contributed by atoms with Gasteiger partial charge in [-0.15, -0.1) is 13.2 Å². The largest absolute Gasteiger partial charge is 0.573 e. The molecule has 0 fully saturated rings. The summed E-state index contributed by atoms with van der Waals surface area (Å²) in [7, 11) is 0. The van der Waals surface area contributed by atoms with Crippen LogP contribution in [-0.4, -0.2) is 18.6 Å². The molecule has 2 rings (SSSR count). The summed E-state index contributed by atoms with van der Waals surface area (Å²) >= 11 is 0. The van der Waals surface area contributed by atoms with Crippen LogP contribution in [0, 0.1) is 6.92 Å². The lowest BCUT2D eigenvalue weighted by Crippen LogP contribution is -2.16. The van der Waals surface area contributed by atoms with Gasteiger partial charge in [0, 0.05) is 5.56 Å². The van der Waals surface area contributed by atoms with Crippen LogP contribution >= 0.6 is 0 Å². The Morgan fingerprint density at radius 2 is 1.80 bits per heavy atom.